The van der Waals surface area contributed by atoms with Crippen LogP contribution in [0.3, 0.4) is 0 Å². The van der Waals surface area contributed by atoms with Crippen molar-refractivity contribution in [2.75, 3.05) is 37.7 Å². The molecule has 1 aromatic heterocycles. The summed E-state index contributed by atoms with van der Waals surface area (Å²) in [4.78, 5) is 23.0. The molecule has 12 heteroatoms. The molecule has 47 heavy (non-hydrogen) atoms. The summed E-state index contributed by atoms with van der Waals surface area (Å²) in [7, 11) is 0. The molecule has 0 amide bonds. The molecule has 7 nitrogen and oxygen atoms in total. The Morgan fingerprint density at radius 2 is 1.79 bits per heavy atom. The van der Waals surface area contributed by atoms with Crippen LogP contribution in [0.2, 0.25) is 0 Å². The largest absolute Gasteiger partial charge is 0.493 e. The number of anilines is 1. The van der Waals surface area contributed by atoms with Gasteiger partial charge in [0.25, 0.3) is 0 Å². The van der Waals surface area contributed by atoms with E-state index >= 15 is 0 Å². The van der Waals surface area contributed by atoms with E-state index < -0.39 is 22.5 Å². The minimum absolute atomic E-state index is 0.249. The lowest BCUT2D eigenvalue weighted by Gasteiger charge is -2.36. The quantitative estimate of drug-likeness (QED) is 0.169. The van der Waals surface area contributed by atoms with Crippen molar-refractivity contribution in [3.05, 3.63) is 87.9 Å². The Hall–Kier alpha value is -3.74. The topological polar surface area (TPSA) is 75.1 Å². The van der Waals surface area contributed by atoms with Crippen LogP contribution in [0.5, 0.6) is 11.5 Å². The minimum atomic E-state index is -4.41. The number of benzene rings is 3. The molecule has 0 radical (unpaired) electrons. The predicted octanol–water partition coefficient (Wildman–Crippen LogP) is 7.93. The number of alkyl halides is 3. The van der Waals surface area contributed by atoms with Gasteiger partial charge in [-0.3, -0.25) is 9.69 Å². The van der Waals surface area contributed by atoms with Gasteiger partial charge in [-0.05, 0) is 80.4 Å². The number of aliphatic carboxylic acids is 1. The zero-order valence-corrected chi connectivity index (χ0v) is 28.0. The number of nitrogens with zero attached hydrogens (tertiary/aromatic N) is 3. The third-order valence-corrected chi connectivity index (χ3v) is 10.7. The summed E-state index contributed by atoms with van der Waals surface area (Å²) in [5.74, 6) is 0.759. The average molecular weight is 684 g/mol. The first-order chi connectivity index (χ1) is 22.4. The first-order valence-corrected chi connectivity index (χ1v) is 17.0. The molecule has 0 atom stereocenters. The highest BCUT2D eigenvalue weighted by atomic mass is 32.2. The van der Waals surface area contributed by atoms with Crippen molar-refractivity contribution in [3.63, 3.8) is 0 Å². The van der Waals surface area contributed by atoms with E-state index in [2.05, 4.69) is 28.0 Å². The summed E-state index contributed by atoms with van der Waals surface area (Å²) in [5.41, 5.74) is 4.10. The number of aromatic nitrogens is 1. The Morgan fingerprint density at radius 3 is 2.47 bits per heavy atom. The molecule has 2 aliphatic rings. The molecule has 3 aromatic carbocycles. The number of piperazine rings is 1. The molecular formula is C35H36F3N3O4S2. The fraction of sp³-hybridized carbons (Fsp3) is 0.371. The van der Waals surface area contributed by atoms with Gasteiger partial charge in [0.1, 0.15) is 27.9 Å². The number of carboxylic acid groups (broad SMARTS) is 1. The summed E-state index contributed by atoms with van der Waals surface area (Å²) in [6.07, 6.45) is -3.47. The number of rotatable bonds is 10. The summed E-state index contributed by atoms with van der Waals surface area (Å²) in [6.45, 7) is 10.2. The molecule has 1 N–H and O–H groups in total. The van der Waals surface area contributed by atoms with E-state index in [1.54, 1.807) is 13.8 Å². The molecular weight excluding hydrogens is 648 g/mol. The van der Waals surface area contributed by atoms with E-state index in [4.69, 9.17) is 14.5 Å². The molecule has 1 saturated heterocycles. The summed E-state index contributed by atoms with van der Waals surface area (Å²) in [5, 5.41) is 10.1. The zero-order valence-electron chi connectivity index (χ0n) is 26.4. The predicted molar refractivity (Wildman–Crippen MR) is 179 cm³/mol. The number of carboxylic acids is 1. The van der Waals surface area contributed by atoms with E-state index in [0.29, 0.717) is 22.9 Å². The lowest BCUT2D eigenvalue weighted by molar-refractivity contribution is -0.139. The Kier molecular flexibility index (Phi) is 9.46. The molecule has 4 aromatic rings. The van der Waals surface area contributed by atoms with E-state index in [1.165, 1.54) is 46.5 Å². The van der Waals surface area contributed by atoms with Gasteiger partial charge < -0.3 is 19.5 Å². The van der Waals surface area contributed by atoms with E-state index in [0.717, 1.165) is 78.1 Å². The van der Waals surface area contributed by atoms with Gasteiger partial charge in [0, 0.05) is 55.3 Å². The first-order valence-electron chi connectivity index (χ1n) is 15.4. The number of hydrogen-bond acceptors (Lipinski definition) is 8. The first kappa shape index (κ1) is 33.2. The van der Waals surface area contributed by atoms with Crippen LogP contribution in [-0.2, 0) is 30.5 Å². The maximum Gasteiger partial charge on any atom is 0.416 e. The monoisotopic (exact) mass is 683 g/mol. The second-order valence-electron chi connectivity index (χ2n) is 12.3. The number of hydrogen-bond donors (Lipinski definition) is 1. The van der Waals surface area contributed by atoms with E-state index in [-0.39, 0.29) is 6.61 Å². The lowest BCUT2D eigenvalue weighted by atomic mass is 10.1. The highest BCUT2D eigenvalue weighted by molar-refractivity contribution is 8.01. The molecule has 0 aliphatic carbocycles. The van der Waals surface area contributed by atoms with Gasteiger partial charge in [0.15, 0.2) is 0 Å². The molecule has 0 saturated carbocycles. The lowest BCUT2D eigenvalue weighted by Crippen LogP contribution is -2.46. The molecule has 1 fully saturated rings. The van der Waals surface area contributed by atoms with Crippen LogP contribution < -0.4 is 14.4 Å². The number of aryl methyl sites for hydroxylation is 1. The zero-order chi connectivity index (χ0) is 33.3. The van der Waals surface area contributed by atoms with Crippen LogP contribution in [0, 0.1) is 6.92 Å². The fourth-order valence-electron chi connectivity index (χ4n) is 5.62. The fourth-order valence-corrected chi connectivity index (χ4v) is 7.66. The van der Waals surface area contributed by atoms with Crippen molar-refractivity contribution >= 4 is 34.8 Å². The summed E-state index contributed by atoms with van der Waals surface area (Å²) in [6, 6.07) is 17.1. The van der Waals surface area contributed by atoms with Gasteiger partial charge in [0.2, 0.25) is 0 Å². The van der Waals surface area contributed by atoms with E-state index in [1.807, 2.05) is 25.1 Å². The Bertz CT molecular complexity index is 1750. The number of ether oxygens (including phenoxy) is 2. The number of halogens is 3. The van der Waals surface area contributed by atoms with Crippen molar-refractivity contribution in [3.8, 4) is 22.1 Å². The van der Waals surface area contributed by atoms with Gasteiger partial charge in [-0.15, -0.1) is 23.1 Å². The highest BCUT2D eigenvalue weighted by Crippen LogP contribution is 2.37. The maximum absolute atomic E-state index is 13.2. The minimum Gasteiger partial charge on any atom is -0.493 e. The van der Waals surface area contributed by atoms with E-state index in [9.17, 15) is 23.1 Å². The van der Waals surface area contributed by atoms with Gasteiger partial charge in [-0.1, -0.05) is 12.1 Å². The van der Waals surface area contributed by atoms with Gasteiger partial charge in [-0.25, -0.2) is 4.98 Å². The Balaban J connectivity index is 1.18. The number of thioether (sulfide) groups is 1. The van der Waals surface area contributed by atoms with Crippen molar-refractivity contribution in [2.45, 2.75) is 56.2 Å². The van der Waals surface area contributed by atoms with Crippen LogP contribution in [0.1, 0.15) is 41.1 Å². The molecule has 0 unspecified atom stereocenters. The third-order valence-electron chi connectivity index (χ3n) is 8.41. The standard InChI is InChI=1S/C35H36F3N3O4S2/c1-22-18-27(47-34(2,3)33(42)43)9-11-29(22)45-21-31-28(39-32(46-31)23-4-6-25(7-5-23)35(36,37)38)20-40-13-15-41(16-14-40)26-8-10-30-24(19-26)12-17-44-30/h4-11,18-19H,12-17,20-21H2,1-3H3,(H,42,43). The number of carbonyl (C=O) groups is 1. The van der Waals surface area contributed by atoms with Crippen molar-refractivity contribution in [2.24, 2.45) is 0 Å². The van der Waals surface area contributed by atoms with Crippen LogP contribution >= 0.6 is 23.1 Å². The molecule has 2 aliphatic heterocycles. The van der Waals surface area contributed by atoms with Crippen molar-refractivity contribution < 1.29 is 32.5 Å². The van der Waals surface area contributed by atoms with Crippen LogP contribution in [0.4, 0.5) is 18.9 Å². The summed E-state index contributed by atoms with van der Waals surface area (Å²) >= 11 is 2.70. The molecule has 6 rings (SSSR count). The van der Waals surface area contributed by atoms with Crippen LogP contribution in [0.15, 0.2) is 65.6 Å². The maximum atomic E-state index is 13.2. The van der Waals surface area contributed by atoms with Crippen LogP contribution in [0.25, 0.3) is 10.6 Å². The van der Waals surface area contributed by atoms with Gasteiger partial charge in [0.05, 0.1) is 22.7 Å². The van der Waals surface area contributed by atoms with Crippen LogP contribution in [-0.4, -0.2) is 58.5 Å². The van der Waals surface area contributed by atoms with Crippen molar-refractivity contribution in [1.82, 2.24) is 9.88 Å². The smallest absolute Gasteiger partial charge is 0.416 e. The highest BCUT2D eigenvalue weighted by Gasteiger charge is 2.31. The molecule has 3 heterocycles. The molecule has 0 spiro atoms. The molecule has 0 bridgehead atoms. The number of thiazole rings is 1. The second kappa shape index (κ2) is 13.4. The summed E-state index contributed by atoms with van der Waals surface area (Å²) < 4.78 is 50.6. The Labute approximate surface area is 280 Å². The van der Waals surface area contributed by atoms with Crippen molar-refractivity contribution in [1.29, 1.82) is 0 Å². The second-order valence-corrected chi connectivity index (χ2v) is 15.0. The third kappa shape index (κ3) is 7.71. The Morgan fingerprint density at radius 1 is 1.04 bits per heavy atom. The SMILES string of the molecule is Cc1cc(SC(C)(C)C(=O)O)ccc1OCc1sc(-c2ccc(C(F)(F)F)cc2)nc1CN1CCN(c2ccc3c(c2)CCO3)CC1. The normalized spacial score (nSPS) is 15.4. The molecule has 248 valence electrons. The number of fused-ring (bicyclic) bond motifs is 1. The van der Waals surface area contributed by atoms with Gasteiger partial charge in [-0.2, -0.15) is 13.2 Å². The average Bonchev–Trinajstić information content (AvgIpc) is 3.67. The van der Waals surface area contributed by atoms with Gasteiger partial charge >= 0.3 is 12.1 Å².